The minimum Gasteiger partial charge on any atom is -0.493 e. The standard InChI is InChI=1S/C29H39ClN4O3.C2HF3O2/c1-33-14-10-24(11-15-33)34-16-13-29(20-7-8-25(36-2)26(17-20)37-3)12-9-23(19-27(29)34)32-28(35)31-22-6-4-5-21(30)18-22;3-2(4,5)1(6)7/h4-8,17-18,23-24,27H,9-16,19H2,1-3H3,(H2,31,32,35);(H,6,7)/t23-,27+,29+;/m1./s1. The highest BCUT2D eigenvalue weighted by atomic mass is 35.5. The summed E-state index contributed by atoms with van der Waals surface area (Å²) in [4.78, 5) is 27.0. The van der Waals surface area contributed by atoms with Crippen LogP contribution >= 0.6 is 11.6 Å². The van der Waals surface area contributed by atoms with Gasteiger partial charge in [0.05, 0.1) is 14.2 Å². The van der Waals surface area contributed by atoms with Crippen molar-refractivity contribution < 1.29 is 37.3 Å². The van der Waals surface area contributed by atoms with Gasteiger partial charge >= 0.3 is 18.2 Å². The Balaban J connectivity index is 0.000000566. The van der Waals surface area contributed by atoms with E-state index in [0.29, 0.717) is 22.8 Å². The molecule has 9 nitrogen and oxygen atoms in total. The lowest BCUT2D eigenvalue weighted by atomic mass is 9.65. The van der Waals surface area contributed by atoms with E-state index in [1.165, 1.54) is 18.4 Å². The van der Waals surface area contributed by atoms with E-state index >= 15 is 0 Å². The number of methoxy groups -OCH3 is 2. The molecule has 3 N–H and O–H groups in total. The molecule has 3 atom stereocenters. The van der Waals surface area contributed by atoms with E-state index in [2.05, 4.69) is 39.6 Å². The van der Waals surface area contributed by atoms with Crippen LogP contribution in [0.5, 0.6) is 11.5 Å². The van der Waals surface area contributed by atoms with Crippen molar-refractivity contribution >= 4 is 29.3 Å². The molecule has 242 valence electrons. The lowest BCUT2D eigenvalue weighted by Gasteiger charge is -2.48. The number of carboxylic acid groups (broad SMARTS) is 1. The fraction of sp³-hybridized carbons (Fsp3) is 0.548. The van der Waals surface area contributed by atoms with Crippen LogP contribution < -0.4 is 20.1 Å². The molecule has 1 aliphatic carbocycles. The number of aliphatic carboxylic acids is 1. The molecule has 2 heterocycles. The molecule has 13 heteroatoms. The Bertz CT molecular complexity index is 1310. The second kappa shape index (κ2) is 14.3. The number of piperidine rings is 1. The maximum Gasteiger partial charge on any atom is 0.490 e. The molecule has 3 fully saturated rings. The maximum absolute atomic E-state index is 12.9. The SMILES string of the molecule is COc1ccc([C@@]23CC[C@@H](NC(=O)Nc4cccc(Cl)c4)C[C@@H]2N(C2CCN(C)CC2)CC3)cc1OC.O=C(O)C(F)(F)F. The summed E-state index contributed by atoms with van der Waals surface area (Å²) in [6.07, 6.45) is 1.34. The number of nitrogens with one attached hydrogen (secondary N) is 2. The van der Waals surface area contributed by atoms with E-state index in [1.54, 1.807) is 26.4 Å². The van der Waals surface area contributed by atoms with Gasteiger partial charge in [-0.05, 0) is 101 Å². The third kappa shape index (κ3) is 7.89. The van der Waals surface area contributed by atoms with Gasteiger partial charge in [-0.3, -0.25) is 4.90 Å². The van der Waals surface area contributed by atoms with Gasteiger partial charge in [0.25, 0.3) is 0 Å². The number of hydrogen-bond donors (Lipinski definition) is 3. The van der Waals surface area contributed by atoms with Gasteiger partial charge in [0.2, 0.25) is 0 Å². The van der Waals surface area contributed by atoms with E-state index in [1.807, 2.05) is 18.2 Å². The Morgan fingerprint density at radius 2 is 1.68 bits per heavy atom. The smallest absolute Gasteiger partial charge is 0.490 e. The number of likely N-dealkylation sites (tertiary alicyclic amines) is 2. The van der Waals surface area contributed by atoms with Crippen molar-refractivity contribution in [2.45, 2.75) is 68.2 Å². The zero-order chi connectivity index (χ0) is 32.1. The van der Waals surface area contributed by atoms with E-state index in [-0.39, 0.29) is 17.5 Å². The second-order valence-electron chi connectivity index (χ2n) is 11.6. The summed E-state index contributed by atoms with van der Waals surface area (Å²) in [5, 5.41) is 14.0. The predicted octanol–water partition coefficient (Wildman–Crippen LogP) is 5.77. The summed E-state index contributed by atoms with van der Waals surface area (Å²) in [7, 11) is 5.60. The number of anilines is 1. The highest BCUT2D eigenvalue weighted by Gasteiger charge is 2.53. The molecule has 2 amide bonds. The highest BCUT2D eigenvalue weighted by molar-refractivity contribution is 6.30. The molecule has 2 aromatic carbocycles. The zero-order valence-electron chi connectivity index (χ0n) is 25.1. The van der Waals surface area contributed by atoms with Crippen molar-refractivity contribution in [2.24, 2.45) is 0 Å². The molecule has 5 rings (SSSR count). The third-order valence-electron chi connectivity index (χ3n) is 9.08. The van der Waals surface area contributed by atoms with Crippen LogP contribution in [0.1, 0.15) is 44.1 Å². The highest BCUT2D eigenvalue weighted by Crippen LogP contribution is 2.51. The average molecular weight is 641 g/mol. The number of rotatable bonds is 6. The maximum atomic E-state index is 12.9. The number of halogens is 4. The summed E-state index contributed by atoms with van der Waals surface area (Å²) in [6, 6.07) is 14.6. The minimum atomic E-state index is -5.08. The van der Waals surface area contributed by atoms with Crippen LogP contribution in [0.25, 0.3) is 0 Å². The number of carboxylic acids is 1. The Labute approximate surface area is 260 Å². The Hall–Kier alpha value is -3.22. The zero-order valence-corrected chi connectivity index (χ0v) is 25.9. The molecule has 2 aliphatic heterocycles. The summed E-state index contributed by atoms with van der Waals surface area (Å²) in [5.41, 5.74) is 2.08. The first-order valence-corrected chi connectivity index (χ1v) is 15.0. The van der Waals surface area contributed by atoms with Gasteiger partial charge < -0.3 is 30.1 Å². The van der Waals surface area contributed by atoms with Crippen molar-refractivity contribution in [3.8, 4) is 11.5 Å². The molecule has 3 aliphatic rings. The molecule has 0 spiro atoms. The Morgan fingerprint density at radius 3 is 2.30 bits per heavy atom. The van der Waals surface area contributed by atoms with Gasteiger partial charge in [-0.25, -0.2) is 9.59 Å². The van der Waals surface area contributed by atoms with Crippen LogP contribution in [0.15, 0.2) is 42.5 Å². The molecule has 0 bridgehead atoms. The fourth-order valence-corrected chi connectivity index (χ4v) is 7.07. The van der Waals surface area contributed by atoms with E-state index in [0.717, 1.165) is 56.8 Å². The number of amides is 2. The number of ether oxygens (including phenoxy) is 2. The van der Waals surface area contributed by atoms with Crippen LogP contribution in [0.3, 0.4) is 0 Å². The number of nitrogens with zero attached hydrogens (tertiary/aromatic N) is 2. The van der Waals surface area contributed by atoms with Crippen molar-refractivity contribution in [1.29, 1.82) is 0 Å². The second-order valence-corrected chi connectivity index (χ2v) is 12.1. The molecule has 2 aromatic rings. The number of fused-ring (bicyclic) bond motifs is 1. The number of carbonyl (C=O) groups is 2. The number of benzene rings is 2. The van der Waals surface area contributed by atoms with Gasteiger partial charge in [0.15, 0.2) is 11.5 Å². The lowest BCUT2D eigenvalue weighted by Crippen LogP contribution is -2.56. The van der Waals surface area contributed by atoms with Crippen molar-refractivity contribution in [2.75, 3.05) is 46.2 Å². The lowest BCUT2D eigenvalue weighted by molar-refractivity contribution is -0.192. The molecule has 44 heavy (non-hydrogen) atoms. The van der Waals surface area contributed by atoms with Crippen molar-refractivity contribution in [3.05, 3.63) is 53.1 Å². The monoisotopic (exact) mass is 640 g/mol. The van der Waals surface area contributed by atoms with Crippen LogP contribution in [0.2, 0.25) is 5.02 Å². The molecule has 0 aromatic heterocycles. The number of carbonyl (C=O) groups excluding carboxylic acids is 1. The quantitative estimate of drug-likeness (QED) is 0.368. The first-order chi connectivity index (χ1) is 20.9. The van der Waals surface area contributed by atoms with Crippen LogP contribution in [0.4, 0.5) is 23.7 Å². The Morgan fingerprint density at radius 1 is 1.00 bits per heavy atom. The molecular weight excluding hydrogens is 601 g/mol. The van der Waals surface area contributed by atoms with E-state index in [9.17, 15) is 18.0 Å². The van der Waals surface area contributed by atoms with Gasteiger partial charge in [-0.15, -0.1) is 0 Å². The van der Waals surface area contributed by atoms with Gasteiger partial charge in [-0.2, -0.15) is 13.2 Å². The normalized spacial score (nSPS) is 24.4. The molecular formula is C31H40ClF3N4O5. The van der Waals surface area contributed by atoms with Gasteiger partial charge in [0.1, 0.15) is 0 Å². The van der Waals surface area contributed by atoms with Gasteiger partial charge in [0, 0.05) is 34.3 Å². The average Bonchev–Trinajstić information content (AvgIpc) is 3.37. The minimum absolute atomic E-state index is 0.0461. The van der Waals surface area contributed by atoms with Crippen molar-refractivity contribution in [3.63, 3.8) is 0 Å². The first-order valence-electron chi connectivity index (χ1n) is 14.7. The first kappa shape index (κ1) is 33.7. The topological polar surface area (TPSA) is 103 Å². The van der Waals surface area contributed by atoms with Crippen LogP contribution in [-0.4, -0.2) is 92.1 Å². The van der Waals surface area contributed by atoms with E-state index in [4.69, 9.17) is 31.0 Å². The predicted molar refractivity (Wildman–Crippen MR) is 162 cm³/mol. The number of hydrogen-bond acceptors (Lipinski definition) is 6. The number of alkyl halides is 3. The summed E-state index contributed by atoms with van der Waals surface area (Å²) in [6.45, 7) is 3.37. The summed E-state index contributed by atoms with van der Waals surface area (Å²) >= 11 is 6.10. The molecule has 2 saturated heterocycles. The molecule has 1 saturated carbocycles. The Kier molecular flexibility index (Phi) is 10.9. The number of urea groups is 1. The van der Waals surface area contributed by atoms with Gasteiger partial charge in [-0.1, -0.05) is 23.7 Å². The largest absolute Gasteiger partial charge is 0.493 e. The molecule has 0 radical (unpaired) electrons. The third-order valence-corrected chi connectivity index (χ3v) is 9.31. The fourth-order valence-electron chi connectivity index (χ4n) is 6.88. The summed E-state index contributed by atoms with van der Waals surface area (Å²) in [5.74, 6) is -1.21. The summed E-state index contributed by atoms with van der Waals surface area (Å²) < 4.78 is 43.0. The van der Waals surface area contributed by atoms with Crippen LogP contribution in [-0.2, 0) is 10.2 Å². The van der Waals surface area contributed by atoms with Crippen LogP contribution in [0, 0.1) is 0 Å². The van der Waals surface area contributed by atoms with E-state index < -0.39 is 12.1 Å². The van der Waals surface area contributed by atoms with Crippen molar-refractivity contribution in [1.82, 2.24) is 15.1 Å². The molecule has 0 unspecified atom stereocenters.